The first-order valence-electron chi connectivity index (χ1n) is 9.51. The molecule has 0 bridgehead atoms. The van der Waals surface area contributed by atoms with Crippen LogP contribution in [0.4, 0.5) is 5.82 Å². The molecule has 156 valence electrons. The fourth-order valence-corrected chi connectivity index (χ4v) is 3.54. The number of nitrogens with zero attached hydrogens (tertiary/aromatic N) is 3. The van der Waals surface area contributed by atoms with Crippen LogP contribution in [0.3, 0.4) is 0 Å². The van der Waals surface area contributed by atoms with Gasteiger partial charge in [-0.15, -0.1) is 0 Å². The van der Waals surface area contributed by atoms with E-state index in [2.05, 4.69) is 20.3 Å². The van der Waals surface area contributed by atoms with E-state index in [0.717, 1.165) is 19.1 Å². The Morgan fingerprint density at radius 2 is 1.71 bits per heavy atom. The van der Waals surface area contributed by atoms with E-state index >= 15 is 0 Å². The molecule has 2 fully saturated rings. The lowest BCUT2D eigenvalue weighted by Crippen LogP contribution is -2.48. The van der Waals surface area contributed by atoms with Gasteiger partial charge in [0.05, 0.1) is 6.54 Å². The lowest BCUT2D eigenvalue weighted by atomic mass is 10.00. The Morgan fingerprint density at radius 3 is 2.21 bits per heavy atom. The molecule has 3 rings (SSSR count). The first-order chi connectivity index (χ1) is 13.3. The van der Waals surface area contributed by atoms with E-state index in [4.69, 9.17) is 24.3 Å². The lowest BCUT2D eigenvalue weighted by Gasteiger charge is -2.40. The Hall–Kier alpha value is -2.46. The number of aryl methyl sites for hydroxylation is 1. The molecule has 2 saturated heterocycles. The highest BCUT2D eigenvalue weighted by molar-refractivity contribution is 6.27. The summed E-state index contributed by atoms with van der Waals surface area (Å²) in [6.45, 7) is 6.79. The molecule has 0 aliphatic carbocycles. The van der Waals surface area contributed by atoms with Crippen molar-refractivity contribution in [3.05, 3.63) is 11.8 Å². The van der Waals surface area contributed by atoms with Gasteiger partial charge in [0.25, 0.3) is 0 Å². The quantitative estimate of drug-likeness (QED) is 0.637. The third-order valence-electron chi connectivity index (χ3n) is 4.91. The molecule has 3 heterocycles. The Kier molecular flexibility index (Phi) is 8.40. The first kappa shape index (κ1) is 21.8. The van der Waals surface area contributed by atoms with Crippen LogP contribution < -0.4 is 5.32 Å². The van der Waals surface area contributed by atoms with E-state index in [1.807, 2.05) is 6.92 Å². The Balaban J connectivity index is 0.000000409. The van der Waals surface area contributed by atoms with Crippen molar-refractivity contribution >= 4 is 23.7 Å². The third-order valence-corrected chi connectivity index (χ3v) is 4.91. The molecule has 0 radical (unpaired) electrons. The number of carbonyl (C=O) groups is 3. The van der Waals surface area contributed by atoms with Gasteiger partial charge in [0.2, 0.25) is 5.91 Å². The normalized spacial score (nSPS) is 18.8. The molecule has 2 aliphatic heterocycles. The Bertz CT molecular complexity index is 651. The molecule has 0 spiro atoms. The number of anilines is 1. The van der Waals surface area contributed by atoms with Crippen molar-refractivity contribution in [1.29, 1.82) is 0 Å². The number of carboxylic acid groups (broad SMARTS) is 2. The SMILES string of the molecule is Cc1cc(NC(=O)CN2CCC(N3CCCCC3)CC2)no1.O=C(O)C(=O)O. The third kappa shape index (κ3) is 7.28. The number of hydrogen-bond acceptors (Lipinski definition) is 7. The van der Waals surface area contributed by atoms with Crippen molar-refractivity contribution in [2.24, 2.45) is 0 Å². The van der Waals surface area contributed by atoms with Gasteiger partial charge >= 0.3 is 11.9 Å². The fraction of sp³-hybridized carbons (Fsp3) is 0.667. The van der Waals surface area contributed by atoms with Crippen molar-refractivity contribution in [2.75, 3.05) is 38.0 Å². The molecule has 2 aliphatic rings. The van der Waals surface area contributed by atoms with E-state index in [9.17, 15) is 4.79 Å². The zero-order valence-electron chi connectivity index (χ0n) is 16.1. The van der Waals surface area contributed by atoms with Crippen LogP contribution in [0, 0.1) is 6.92 Å². The van der Waals surface area contributed by atoms with Crippen molar-refractivity contribution < 1.29 is 29.1 Å². The topological polar surface area (TPSA) is 136 Å². The minimum Gasteiger partial charge on any atom is -0.473 e. The summed E-state index contributed by atoms with van der Waals surface area (Å²) in [6.07, 6.45) is 6.43. The van der Waals surface area contributed by atoms with Gasteiger partial charge in [-0.1, -0.05) is 11.6 Å². The largest absolute Gasteiger partial charge is 0.473 e. The second kappa shape index (κ2) is 10.8. The summed E-state index contributed by atoms with van der Waals surface area (Å²) < 4.78 is 4.95. The summed E-state index contributed by atoms with van der Waals surface area (Å²) in [5.41, 5.74) is 0. The molecule has 10 nitrogen and oxygen atoms in total. The molecule has 0 saturated carbocycles. The minimum absolute atomic E-state index is 0.00952. The van der Waals surface area contributed by atoms with Crippen LogP contribution in [0.1, 0.15) is 37.9 Å². The molecule has 0 unspecified atom stereocenters. The molecular formula is C18H28N4O6. The average Bonchev–Trinajstić information content (AvgIpc) is 3.08. The number of carboxylic acids is 2. The molecular weight excluding hydrogens is 368 g/mol. The monoisotopic (exact) mass is 396 g/mol. The zero-order valence-corrected chi connectivity index (χ0v) is 16.1. The molecule has 1 amide bonds. The highest BCUT2D eigenvalue weighted by Crippen LogP contribution is 2.20. The number of rotatable bonds is 4. The van der Waals surface area contributed by atoms with Crippen LogP contribution in [0.25, 0.3) is 0 Å². The maximum atomic E-state index is 12.0. The average molecular weight is 396 g/mol. The van der Waals surface area contributed by atoms with Crippen LogP contribution in [0.5, 0.6) is 0 Å². The van der Waals surface area contributed by atoms with Gasteiger partial charge in [0.1, 0.15) is 5.76 Å². The number of aromatic nitrogens is 1. The molecule has 0 aromatic carbocycles. The molecule has 1 aromatic heterocycles. The van der Waals surface area contributed by atoms with E-state index < -0.39 is 11.9 Å². The number of nitrogens with one attached hydrogen (secondary N) is 1. The van der Waals surface area contributed by atoms with Gasteiger partial charge < -0.3 is 25.0 Å². The van der Waals surface area contributed by atoms with Crippen LogP contribution in [-0.4, -0.2) is 81.8 Å². The number of amides is 1. The van der Waals surface area contributed by atoms with Crippen LogP contribution in [-0.2, 0) is 14.4 Å². The van der Waals surface area contributed by atoms with Crippen molar-refractivity contribution in [2.45, 2.75) is 45.1 Å². The van der Waals surface area contributed by atoms with Crippen molar-refractivity contribution in [1.82, 2.24) is 15.0 Å². The molecule has 0 atom stereocenters. The van der Waals surface area contributed by atoms with Gasteiger partial charge in [0, 0.05) is 25.2 Å². The maximum Gasteiger partial charge on any atom is 0.414 e. The van der Waals surface area contributed by atoms with Gasteiger partial charge in [-0.3, -0.25) is 9.69 Å². The number of hydrogen-bond donors (Lipinski definition) is 3. The van der Waals surface area contributed by atoms with Crippen LogP contribution >= 0.6 is 0 Å². The predicted octanol–water partition coefficient (Wildman–Crippen LogP) is 1.03. The smallest absolute Gasteiger partial charge is 0.414 e. The summed E-state index contributed by atoms with van der Waals surface area (Å²) in [4.78, 5) is 35.1. The van der Waals surface area contributed by atoms with Gasteiger partial charge in [-0.2, -0.15) is 0 Å². The first-order valence-corrected chi connectivity index (χ1v) is 9.51. The number of likely N-dealkylation sites (tertiary alicyclic amines) is 2. The van der Waals surface area contributed by atoms with E-state index in [1.54, 1.807) is 6.07 Å². The Morgan fingerprint density at radius 1 is 1.11 bits per heavy atom. The molecule has 3 N–H and O–H groups in total. The highest BCUT2D eigenvalue weighted by Gasteiger charge is 2.26. The van der Waals surface area contributed by atoms with E-state index in [1.165, 1.54) is 45.2 Å². The standard InChI is InChI=1S/C16H26N4O2.C2H2O4/c1-13-11-15(18-22-13)17-16(21)12-19-9-5-14(6-10-19)20-7-3-2-4-8-20;3-1(4)2(5)6/h11,14H,2-10,12H2,1H3,(H,17,18,21);(H,3,4)(H,5,6). The summed E-state index contributed by atoms with van der Waals surface area (Å²) in [5.74, 6) is -2.45. The summed E-state index contributed by atoms with van der Waals surface area (Å²) in [5, 5.41) is 21.4. The van der Waals surface area contributed by atoms with Crippen LogP contribution in [0.15, 0.2) is 10.6 Å². The minimum atomic E-state index is -1.82. The fourth-order valence-electron chi connectivity index (χ4n) is 3.54. The van der Waals surface area contributed by atoms with Crippen molar-refractivity contribution in [3.8, 4) is 0 Å². The second-order valence-corrected chi connectivity index (χ2v) is 7.09. The molecule has 28 heavy (non-hydrogen) atoms. The van der Waals surface area contributed by atoms with E-state index in [0.29, 0.717) is 18.1 Å². The Labute approximate surface area is 163 Å². The predicted molar refractivity (Wildman–Crippen MR) is 100 cm³/mol. The van der Waals surface area contributed by atoms with E-state index in [-0.39, 0.29) is 5.91 Å². The molecule has 1 aromatic rings. The van der Waals surface area contributed by atoms with Crippen molar-refractivity contribution in [3.63, 3.8) is 0 Å². The van der Waals surface area contributed by atoms with Gasteiger partial charge in [-0.05, 0) is 45.7 Å². The second-order valence-electron chi connectivity index (χ2n) is 7.09. The number of carbonyl (C=O) groups excluding carboxylic acids is 1. The summed E-state index contributed by atoms with van der Waals surface area (Å²) in [6, 6.07) is 2.46. The number of aliphatic carboxylic acids is 2. The van der Waals surface area contributed by atoms with Gasteiger partial charge in [0.15, 0.2) is 5.82 Å². The van der Waals surface area contributed by atoms with Crippen LogP contribution in [0.2, 0.25) is 0 Å². The summed E-state index contributed by atoms with van der Waals surface area (Å²) in [7, 11) is 0. The number of piperidine rings is 2. The summed E-state index contributed by atoms with van der Waals surface area (Å²) >= 11 is 0. The molecule has 10 heteroatoms. The highest BCUT2D eigenvalue weighted by atomic mass is 16.5. The van der Waals surface area contributed by atoms with Gasteiger partial charge in [-0.25, -0.2) is 9.59 Å². The maximum absolute atomic E-state index is 12.0. The lowest BCUT2D eigenvalue weighted by molar-refractivity contribution is -0.159. The zero-order chi connectivity index (χ0) is 20.5.